The molecule has 3 heterocycles. The molecule has 2 N–H and O–H groups in total. The zero-order valence-electron chi connectivity index (χ0n) is 22.3. The number of nitrogens with zero attached hydrogens (tertiary/aromatic N) is 2. The molecule has 1 fully saturated rings. The van der Waals surface area contributed by atoms with Crippen LogP contribution in [0.25, 0.3) is 22.3 Å². The first-order valence-electron chi connectivity index (χ1n) is 13.5. The van der Waals surface area contributed by atoms with Crippen LogP contribution in [0.5, 0.6) is 11.8 Å². The molecule has 0 saturated carbocycles. The summed E-state index contributed by atoms with van der Waals surface area (Å²) in [5, 5.41) is 13.4. The summed E-state index contributed by atoms with van der Waals surface area (Å²) < 4.78 is 12.4. The van der Waals surface area contributed by atoms with Crippen LogP contribution >= 0.6 is 0 Å². The molecule has 7 heteroatoms. The maximum atomic E-state index is 12.2. The third-order valence-corrected chi connectivity index (χ3v) is 7.25. The van der Waals surface area contributed by atoms with E-state index in [0.717, 1.165) is 38.9 Å². The van der Waals surface area contributed by atoms with Gasteiger partial charge < -0.3 is 19.9 Å². The van der Waals surface area contributed by atoms with Crippen molar-refractivity contribution in [3.8, 4) is 34.0 Å². The smallest absolute Gasteiger partial charge is 0.309 e. The zero-order chi connectivity index (χ0) is 28.0. The number of carboxylic acids is 1. The number of ether oxygens (including phenoxy) is 2. The van der Waals surface area contributed by atoms with E-state index >= 15 is 0 Å². The first-order chi connectivity index (χ1) is 20.2. The number of aliphatic carboxylic acids is 1. The number of hydrogen-bond acceptors (Lipinski definition) is 6. The second-order valence-electron chi connectivity index (χ2n) is 9.86. The number of benzene rings is 3. The van der Waals surface area contributed by atoms with Gasteiger partial charge in [-0.25, -0.2) is 9.97 Å². The Morgan fingerprint density at radius 3 is 1.61 bits per heavy atom. The number of nitrogens with one attached hydrogen (secondary N) is 1. The lowest BCUT2D eigenvalue weighted by Gasteiger charge is -2.38. The fraction of sp³-hybridized carbons (Fsp3) is 0.147. The first kappa shape index (κ1) is 26.2. The summed E-state index contributed by atoms with van der Waals surface area (Å²) in [7, 11) is 0. The number of hydrogen-bond donors (Lipinski definition) is 2. The largest absolute Gasteiger partial charge is 0.481 e. The highest BCUT2D eigenvalue weighted by molar-refractivity contribution is 5.85. The lowest BCUT2D eigenvalue weighted by molar-refractivity contribution is -0.145. The number of carboxylic acid groups (broad SMARTS) is 1. The minimum absolute atomic E-state index is 0.361. The SMILES string of the molecule is O=C(O)C1CNC1c1c(-c2cccnc2OCc2ccccc2)cccc1-c1cccnc1OCc1ccccc1. The molecule has 0 aliphatic carbocycles. The summed E-state index contributed by atoms with van der Waals surface area (Å²) in [5.41, 5.74) is 6.17. The molecule has 1 saturated heterocycles. The van der Waals surface area contributed by atoms with E-state index in [1.54, 1.807) is 12.4 Å². The highest BCUT2D eigenvalue weighted by atomic mass is 16.5. The quantitative estimate of drug-likeness (QED) is 0.213. The number of carbonyl (C=O) groups is 1. The van der Waals surface area contributed by atoms with Crippen LogP contribution in [0.3, 0.4) is 0 Å². The van der Waals surface area contributed by atoms with Gasteiger partial charge in [-0.3, -0.25) is 4.79 Å². The predicted molar refractivity (Wildman–Crippen MR) is 156 cm³/mol. The van der Waals surface area contributed by atoms with Crippen molar-refractivity contribution >= 4 is 5.97 Å². The van der Waals surface area contributed by atoms with Gasteiger partial charge in [0, 0.05) is 36.1 Å². The van der Waals surface area contributed by atoms with E-state index in [-0.39, 0.29) is 0 Å². The normalized spacial score (nSPS) is 16.0. The molecule has 1 aliphatic heterocycles. The van der Waals surface area contributed by atoms with Crippen molar-refractivity contribution in [3.63, 3.8) is 0 Å². The topological polar surface area (TPSA) is 93.6 Å². The molecular formula is C34H29N3O4. The van der Waals surface area contributed by atoms with Crippen molar-refractivity contribution in [2.24, 2.45) is 5.92 Å². The van der Waals surface area contributed by atoms with E-state index in [4.69, 9.17) is 9.47 Å². The molecule has 6 rings (SSSR count). The Balaban J connectivity index is 1.43. The van der Waals surface area contributed by atoms with Gasteiger partial charge in [-0.2, -0.15) is 0 Å². The molecule has 2 atom stereocenters. The molecular weight excluding hydrogens is 514 g/mol. The summed E-state index contributed by atoms with van der Waals surface area (Å²) in [4.78, 5) is 21.3. The molecule has 0 bridgehead atoms. The summed E-state index contributed by atoms with van der Waals surface area (Å²) >= 11 is 0. The predicted octanol–water partition coefficient (Wildman–Crippen LogP) is 6.31. The molecule has 7 nitrogen and oxygen atoms in total. The van der Waals surface area contributed by atoms with Crippen LogP contribution in [-0.4, -0.2) is 27.6 Å². The molecule has 0 spiro atoms. The Morgan fingerprint density at radius 1 is 0.683 bits per heavy atom. The Kier molecular flexibility index (Phi) is 7.69. The summed E-state index contributed by atoms with van der Waals surface area (Å²) in [5.74, 6) is -0.459. The van der Waals surface area contributed by atoms with Crippen LogP contribution in [0.15, 0.2) is 116 Å². The van der Waals surface area contributed by atoms with Gasteiger partial charge in [0.05, 0.1) is 5.92 Å². The minimum atomic E-state index is -0.840. The van der Waals surface area contributed by atoms with Crippen LogP contribution in [0.4, 0.5) is 0 Å². The second-order valence-corrected chi connectivity index (χ2v) is 9.86. The third-order valence-electron chi connectivity index (χ3n) is 7.25. The molecule has 0 radical (unpaired) electrons. The highest BCUT2D eigenvalue weighted by Crippen LogP contribution is 2.45. The summed E-state index contributed by atoms with van der Waals surface area (Å²) in [6.07, 6.45) is 3.40. The van der Waals surface area contributed by atoms with E-state index in [1.807, 2.05) is 103 Å². The van der Waals surface area contributed by atoms with E-state index in [2.05, 4.69) is 15.3 Å². The maximum absolute atomic E-state index is 12.2. The highest BCUT2D eigenvalue weighted by Gasteiger charge is 2.40. The maximum Gasteiger partial charge on any atom is 0.309 e. The monoisotopic (exact) mass is 543 g/mol. The van der Waals surface area contributed by atoms with Crippen molar-refractivity contribution in [2.45, 2.75) is 19.3 Å². The van der Waals surface area contributed by atoms with Gasteiger partial charge in [-0.15, -0.1) is 0 Å². The van der Waals surface area contributed by atoms with E-state index < -0.39 is 17.9 Å². The standard InChI is InChI=1S/C34H29N3O4/c38-34(39)29-20-37-31(29)30-25(27-16-8-18-35-32(27)40-21-23-10-3-1-4-11-23)14-7-15-26(30)28-17-9-19-36-33(28)41-22-24-12-5-2-6-13-24/h1-19,29,31,37H,20-22H2,(H,38,39). The van der Waals surface area contributed by atoms with Crippen LogP contribution in [-0.2, 0) is 18.0 Å². The third kappa shape index (κ3) is 5.66. The summed E-state index contributed by atoms with van der Waals surface area (Å²) in [6, 6.07) is 33.0. The fourth-order valence-corrected chi connectivity index (χ4v) is 5.13. The van der Waals surface area contributed by atoms with E-state index in [0.29, 0.717) is 31.5 Å². The minimum Gasteiger partial charge on any atom is -0.481 e. The van der Waals surface area contributed by atoms with Crippen LogP contribution in [0, 0.1) is 5.92 Å². The molecule has 3 aromatic carbocycles. The fourth-order valence-electron chi connectivity index (χ4n) is 5.13. The number of rotatable bonds is 10. The Labute approximate surface area is 238 Å². The van der Waals surface area contributed by atoms with Crippen molar-refractivity contribution in [3.05, 3.63) is 132 Å². The average molecular weight is 544 g/mol. The van der Waals surface area contributed by atoms with Crippen molar-refractivity contribution in [1.29, 1.82) is 0 Å². The Morgan fingerprint density at radius 2 is 1.17 bits per heavy atom. The summed E-state index contributed by atoms with van der Waals surface area (Å²) in [6.45, 7) is 1.11. The Bertz CT molecular complexity index is 1540. The molecule has 5 aromatic rings. The molecule has 2 aromatic heterocycles. The van der Waals surface area contributed by atoms with Gasteiger partial charge in [-0.05, 0) is 52.1 Å². The van der Waals surface area contributed by atoms with Gasteiger partial charge in [0.25, 0.3) is 0 Å². The van der Waals surface area contributed by atoms with Gasteiger partial charge in [0.15, 0.2) is 0 Å². The number of aromatic nitrogens is 2. The van der Waals surface area contributed by atoms with Gasteiger partial charge in [0.1, 0.15) is 13.2 Å². The van der Waals surface area contributed by atoms with Crippen molar-refractivity contribution in [2.75, 3.05) is 6.54 Å². The molecule has 204 valence electrons. The van der Waals surface area contributed by atoms with Gasteiger partial charge in [-0.1, -0.05) is 78.9 Å². The van der Waals surface area contributed by atoms with Crippen LogP contribution in [0.2, 0.25) is 0 Å². The Hall–Kier alpha value is -5.01. The first-order valence-corrected chi connectivity index (χ1v) is 13.5. The van der Waals surface area contributed by atoms with E-state index in [9.17, 15) is 9.90 Å². The molecule has 41 heavy (non-hydrogen) atoms. The van der Waals surface area contributed by atoms with E-state index in [1.165, 1.54) is 0 Å². The second kappa shape index (κ2) is 12.0. The lowest BCUT2D eigenvalue weighted by Crippen LogP contribution is -2.50. The van der Waals surface area contributed by atoms with Crippen molar-refractivity contribution in [1.82, 2.24) is 15.3 Å². The molecule has 2 unspecified atom stereocenters. The van der Waals surface area contributed by atoms with Crippen LogP contribution in [0.1, 0.15) is 22.7 Å². The molecule has 1 aliphatic rings. The van der Waals surface area contributed by atoms with Crippen LogP contribution < -0.4 is 14.8 Å². The lowest BCUT2D eigenvalue weighted by atomic mass is 9.79. The number of pyridine rings is 2. The van der Waals surface area contributed by atoms with Gasteiger partial charge in [0.2, 0.25) is 11.8 Å². The van der Waals surface area contributed by atoms with Crippen molar-refractivity contribution < 1.29 is 19.4 Å². The molecule has 0 amide bonds. The van der Waals surface area contributed by atoms with Gasteiger partial charge >= 0.3 is 5.97 Å². The average Bonchev–Trinajstić information content (AvgIpc) is 3.00. The zero-order valence-corrected chi connectivity index (χ0v) is 22.3.